The maximum absolute atomic E-state index is 12.5. The van der Waals surface area contributed by atoms with Gasteiger partial charge in [-0.2, -0.15) is 0 Å². The third-order valence-corrected chi connectivity index (χ3v) is 5.85. The number of amides is 2. The van der Waals surface area contributed by atoms with E-state index in [1.54, 1.807) is 0 Å². The molecule has 7 heteroatoms. The van der Waals surface area contributed by atoms with Gasteiger partial charge < -0.3 is 20.9 Å². The Kier molecular flexibility index (Phi) is 6.07. The van der Waals surface area contributed by atoms with E-state index >= 15 is 0 Å². The number of pyridine rings is 1. The lowest BCUT2D eigenvalue weighted by Crippen LogP contribution is -2.29. The molecule has 0 bridgehead atoms. The monoisotopic (exact) mass is 450 g/mol. The molecule has 170 valence electrons. The normalized spacial score (nSPS) is 11.1. The minimum atomic E-state index is -0.207. The maximum atomic E-state index is 12.5. The molecular formula is C27H26N6O. The summed E-state index contributed by atoms with van der Waals surface area (Å²) < 4.78 is 2.12. The van der Waals surface area contributed by atoms with Crippen LogP contribution in [-0.2, 0) is 6.54 Å². The molecule has 3 aromatic carbocycles. The van der Waals surface area contributed by atoms with E-state index in [-0.39, 0.29) is 6.03 Å². The highest BCUT2D eigenvalue weighted by Gasteiger charge is 2.12. The zero-order valence-corrected chi connectivity index (χ0v) is 18.7. The Labute approximate surface area is 197 Å². The van der Waals surface area contributed by atoms with Crippen molar-refractivity contribution >= 4 is 39.5 Å². The van der Waals surface area contributed by atoms with E-state index in [0.717, 1.165) is 58.1 Å². The topological polar surface area (TPSA) is 97.9 Å². The number of aryl methyl sites for hydroxylation is 1. The molecule has 34 heavy (non-hydrogen) atoms. The lowest BCUT2D eigenvalue weighted by Gasteiger charge is -2.12. The summed E-state index contributed by atoms with van der Waals surface area (Å²) in [5.74, 6) is 0.446. The van der Waals surface area contributed by atoms with Crippen LogP contribution in [0.3, 0.4) is 0 Å². The van der Waals surface area contributed by atoms with Crippen LogP contribution >= 0.6 is 0 Å². The number of aromatic nitrogens is 3. The number of fused-ring (bicyclic) bond motifs is 3. The van der Waals surface area contributed by atoms with E-state index in [4.69, 9.17) is 5.73 Å². The predicted octanol–water partition coefficient (Wildman–Crippen LogP) is 5.44. The third kappa shape index (κ3) is 4.41. The molecule has 0 saturated carbocycles. The summed E-state index contributed by atoms with van der Waals surface area (Å²) in [7, 11) is 0. The van der Waals surface area contributed by atoms with Crippen LogP contribution in [0, 0.1) is 0 Å². The summed E-state index contributed by atoms with van der Waals surface area (Å²) >= 11 is 0. The molecule has 0 aliphatic heterocycles. The average molecular weight is 451 g/mol. The van der Waals surface area contributed by atoms with Gasteiger partial charge in [0.25, 0.3) is 0 Å². The number of carbonyl (C=O) groups excluding carboxylic acids is 1. The molecule has 7 nitrogen and oxygen atoms in total. The highest BCUT2D eigenvalue weighted by molar-refractivity contribution is 6.06. The first-order valence-corrected chi connectivity index (χ1v) is 11.4. The van der Waals surface area contributed by atoms with E-state index < -0.39 is 0 Å². The molecule has 0 saturated heterocycles. The van der Waals surface area contributed by atoms with Crippen molar-refractivity contribution in [3.05, 3.63) is 85.2 Å². The molecule has 0 aliphatic carbocycles. The molecule has 0 atom stereocenters. The summed E-state index contributed by atoms with van der Waals surface area (Å²) in [4.78, 5) is 21.4. The highest BCUT2D eigenvalue weighted by Crippen LogP contribution is 2.28. The molecule has 5 rings (SSSR count). The molecule has 2 heterocycles. The van der Waals surface area contributed by atoms with Gasteiger partial charge in [-0.1, -0.05) is 66.7 Å². The molecule has 0 unspecified atom stereocenters. The van der Waals surface area contributed by atoms with E-state index in [1.807, 2.05) is 85.2 Å². The molecule has 0 spiro atoms. The fourth-order valence-electron chi connectivity index (χ4n) is 4.21. The van der Waals surface area contributed by atoms with E-state index in [2.05, 4.69) is 25.2 Å². The molecular weight excluding hydrogens is 424 g/mol. The maximum Gasteiger partial charge on any atom is 0.319 e. The Hall–Kier alpha value is -4.39. The summed E-state index contributed by atoms with van der Waals surface area (Å²) in [5, 5.41) is 6.98. The molecule has 4 N–H and O–H groups in total. The number of hydrogen-bond donors (Lipinski definition) is 3. The fraction of sp³-hybridized carbons (Fsp3) is 0.148. The van der Waals surface area contributed by atoms with Crippen molar-refractivity contribution in [2.45, 2.75) is 19.4 Å². The number of para-hydroxylation sites is 2. The Morgan fingerprint density at radius 1 is 0.912 bits per heavy atom. The van der Waals surface area contributed by atoms with Gasteiger partial charge in [0, 0.05) is 24.0 Å². The van der Waals surface area contributed by atoms with Gasteiger partial charge in [0.15, 0.2) is 5.82 Å². The summed E-state index contributed by atoms with van der Waals surface area (Å²) in [6, 6.07) is 25.6. The lowest BCUT2D eigenvalue weighted by molar-refractivity contribution is 0.252. The smallest absolute Gasteiger partial charge is 0.319 e. The second-order valence-electron chi connectivity index (χ2n) is 8.15. The second kappa shape index (κ2) is 9.62. The van der Waals surface area contributed by atoms with Crippen LogP contribution in [0.15, 0.2) is 85.2 Å². The number of nitrogen functional groups attached to an aromatic ring is 1. The number of rotatable bonds is 7. The van der Waals surface area contributed by atoms with Gasteiger partial charge in [0.1, 0.15) is 5.52 Å². The largest absolute Gasteiger partial charge is 0.382 e. The van der Waals surface area contributed by atoms with Crippen LogP contribution in [0.5, 0.6) is 0 Å². The predicted molar refractivity (Wildman–Crippen MR) is 138 cm³/mol. The van der Waals surface area contributed by atoms with Gasteiger partial charge in [-0.25, -0.2) is 14.8 Å². The molecule has 2 aromatic heterocycles. The van der Waals surface area contributed by atoms with Crippen molar-refractivity contribution in [2.24, 2.45) is 0 Å². The zero-order chi connectivity index (χ0) is 23.3. The Morgan fingerprint density at radius 3 is 2.56 bits per heavy atom. The fourth-order valence-corrected chi connectivity index (χ4v) is 4.21. The van der Waals surface area contributed by atoms with Crippen molar-refractivity contribution in [1.82, 2.24) is 19.9 Å². The van der Waals surface area contributed by atoms with Crippen molar-refractivity contribution < 1.29 is 4.79 Å². The number of benzene rings is 3. The van der Waals surface area contributed by atoms with Crippen LogP contribution < -0.4 is 16.4 Å². The minimum absolute atomic E-state index is 0.207. The minimum Gasteiger partial charge on any atom is -0.382 e. The lowest BCUT2D eigenvalue weighted by atomic mass is 10.0. The van der Waals surface area contributed by atoms with E-state index in [9.17, 15) is 4.79 Å². The highest BCUT2D eigenvalue weighted by atomic mass is 16.2. The van der Waals surface area contributed by atoms with Crippen LogP contribution in [0.1, 0.15) is 12.8 Å². The van der Waals surface area contributed by atoms with Crippen molar-refractivity contribution in [3.8, 4) is 11.1 Å². The number of nitrogens with two attached hydrogens (primary N) is 1. The van der Waals surface area contributed by atoms with Gasteiger partial charge in [0.2, 0.25) is 0 Å². The number of hydrogen-bond acceptors (Lipinski definition) is 4. The second-order valence-corrected chi connectivity index (χ2v) is 8.15. The average Bonchev–Trinajstić information content (AvgIpc) is 3.30. The first-order valence-electron chi connectivity index (χ1n) is 11.4. The van der Waals surface area contributed by atoms with Crippen molar-refractivity contribution in [2.75, 3.05) is 17.6 Å². The number of nitrogens with one attached hydrogen (secondary N) is 2. The Balaban J connectivity index is 1.17. The standard InChI is InChI=1S/C27H26N6O/c28-26-24-25(21-13-5-7-15-23(21)31-26)33(18-30-24)17-9-8-16-29-27(34)32-22-14-6-4-12-20(22)19-10-2-1-3-11-19/h1-7,10-15,18H,8-9,16-17H2,(H2,28,31)(H2,29,32,34). The SMILES string of the molecule is Nc1nc2ccccc2c2c1ncn2CCCCNC(=O)Nc1ccccc1-c1ccccc1. The van der Waals surface area contributed by atoms with Crippen LogP contribution in [-0.4, -0.2) is 27.1 Å². The van der Waals surface area contributed by atoms with Gasteiger partial charge >= 0.3 is 6.03 Å². The summed E-state index contributed by atoms with van der Waals surface area (Å²) in [5.41, 5.74) is 11.6. The van der Waals surface area contributed by atoms with Gasteiger partial charge in [-0.05, 0) is 30.5 Å². The van der Waals surface area contributed by atoms with E-state index in [1.165, 1.54) is 0 Å². The molecule has 5 aromatic rings. The van der Waals surface area contributed by atoms with Gasteiger partial charge in [-0.15, -0.1) is 0 Å². The van der Waals surface area contributed by atoms with Crippen LogP contribution in [0.2, 0.25) is 0 Å². The number of unbranched alkanes of at least 4 members (excludes halogenated alkanes) is 1. The first-order chi connectivity index (χ1) is 16.7. The Morgan fingerprint density at radius 2 is 1.68 bits per heavy atom. The van der Waals surface area contributed by atoms with Crippen molar-refractivity contribution in [1.29, 1.82) is 0 Å². The summed E-state index contributed by atoms with van der Waals surface area (Å²) in [6.45, 7) is 1.36. The third-order valence-electron chi connectivity index (χ3n) is 5.85. The van der Waals surface area contributed by atoms with Gasteiger partial charge in [0.05, 0.1) is 23.0 Å². The molecule has 0 aliphatic rings. The number of anilines is 2. The zero-order valence-electron chi connectivity index (χ0n) is 18.7. The summed E-state index contributed by atoms with van der Waals surface area (Å²) in [6.07, 6.45) is 3.55. The molecule has 0 radical (unpaired) electrons. The van der Waals surface area contributed by atoms with Crippen LogP contribution in [0.4, 0.5) is 16.3 Å². The number of carbonyl (C=O) groups is 1. The quantitative estimate of drug-likeness (QED) is 0.288. The number of urea groups is 1. The van der Waals surface area contributed by atoms with E-state index in [0.29, 0.717) is 12.4 Å². The van der Waals surface area contributed by atoms with Crippen LogP contribution in [0.25, 0.3) is 33.1 Å². The molecule has 2 amide bonds. The van der Waals surface area contributed by atoms with Gasteiger partial charge in [-0.3, -0.25) is 0 Å². The number of nitrogens with zero attached hydrogens (tertiary/aromatic N) is 3. The van der Waals surface area contributed by atoms with Crippen molar-refractivity contribution in [3.63, 3.8) is 0 Å². The Bertz CT molecular complexity index is 1440. The number of imidazole rings is 1. The molecule has 0 fully saturated rings. The first kappa shape index (κ1) is 21.5.